The van der Waals surface area contributed by atoms with Crippen LogP contribution in [0.3, 0.4) is 0 Å². The first-order valence-electron chi connectivity index (χ1n) is 31.4. The molecular formula is C59H124N8O3. The number of nitrogens with zero attached hydrogens (tertiary/aromatic N) is 1. The second kappa shape index (κ2) is 57.8. The summed E-state index contributed by atoms with van der Waals surface area (Å²) in [7, 11) is 0. The molecule has 2 rings (SSSR count). The highest BCUT2D eigenvalue weighted by Crippen LogP contribution is 2.21. The molecule has 1 aliphatic carbocycles. The van der Waals surface area contributed by atoms with Crippen LogP contribution < -0.4 is 37.2 Å². The fourth-order valence-corrected chi connectivity index (χ4v) is 10.4. The molecule has 0 spiro atoms. The van der Waals surface area contributed by atoms with Crippen LogP contribution in [0.4, 0.5) is 0 Å². The number of rotatable bonds is 1. The molecule has 2 fully saturated rings. The van der Waals surface area contributed by atoms with E-state index in [0.29, 0.717) is 6.04 Å². The van der Waals surface area contributed by atoms with Gasteiger partial charge in [0.1, 0.15) is 0 Å². The normalized spacial score (nSPS) is 24.9. The van der Waals surface area contributed by atoms with Crippen molar-refractivity contribution in [2.45, 2.75) is 237 Å². The van der Waals surface area contributed by atoms with Crippen molar-refractivity contribution in [2.75, 3.05) is 144 Å². The van der Waals surface area contributed by atoms with E-state index in [2.05, 4.69) is 42.1 Å². The van der Waals surface area contributed by atoms with Gasteiger partial charge in [0.25, 0.3) is 0 Å². The summed E-state index contributed by atoms with van der Waals surface area (Å²) in [5.41, 5.74) is 0. The van der Waals surface area contributed by atoms with Crippen LogP contribution in [0.2, 0.25) is 0 Å². The summed E-state index contributed by atoms with van der Waals surface area (Å²) in [6.07, 6.45) is 51.6. The average Bonchev–Trinajstić information content (AvgIpc) is 3.37. The summed E-state index contributed by atoms with van der Waals surface area (Å²) in [5.74, 6) is 0. The van der Waals surface area contributed by atoms with E-state index in [1.54, 1.807) is 0 Å². The second-order valence-electron chi connectivity index (χ2n) is 21.4. The lowest BCUT2D eigenvalue weighted by Crippen LogP contribution is -2.44. The molecule has 0 amide bonds. The monoisotopic (exact) mass is 993 g/mol. The Hall–Kier alpha value is -0.440. The van der Waals surface area contributed by atoms with Crippen molar-refractivity contribution in [1.82, 2.24) is 42.1 Å². The van der Waals surface area contributed by atoms with Crippen LogP contribution in [-0.4, -0.2) is 155 Å². The fraction of sp³-hybridized carbons (Fsp3) is 1.00. The lowest BCUT2D eigenvalue weighted by molar-refractivity contribution is 0.131. The Kier molecular flexibility index (Phi) is 54.3. The fourth-order valence-electron chi connectivity index (χ4n) is 10.4. The molecule has 418 valence electrons. The smallest absolute Gasteiger partial charge is 0.0591 e. The van der Waals surface area contributed by atoms with Crippen molar-refractivity contribution >= 4 is 0 Å². The Bertz CT molecular complexity index is 826. The van der Waals surface area contributed by atoms with Crippen molar-refractivity contribution in [3.63, 3.8) is 0 Å². The molecule has 70 heavy (non-hydrogen) atoms. The minimum absolute atomic E-state index is 0.678. The third kappa shape index (κ3) is 49.8. The Balaban J connectivity index is 1.84. The van der Waals surface area contributed by atoms with Gasteiger partial charge in [-0.2, -0.15) is 0 Å². The van der Waals surface area contributed by atoms with Gasteiger partial charge in [-0.3, -0.25) is 4.90 Å². The maximum absolute atomic E-state index is 6.02. The van der Waals surface area contributed by atoms with Crippen molar-refractivity contribution < 1.29 is 14.2 Å². The molecule has 0 atom stereocenters. The minimum Gasteiger partial charge on any atom is -0.379 e. The molecule has 1 heterocycles. The van der Waals surface area contributed by atoms with Gasteiger partial charge in [-0.1, -0.05) is 205 Å². The van der Waals surface area contributed by atoms with E-state index in [9.17, 15) is 0 Å². The first-order chi connectivity index (χ1) is 35.0. The molecule has 11 heteroatoms. The number of hydrogen-bond acceptors (Lipinski definition) is 11. The first kappa shape index (κ1) is 65.7. The average molecular weight is 994 g/mol. The topological polar surface area (TPSA) is 115 Å². The molecular weight excluding hydrogens is 869 g/mol. The maximum atomic E-state index is 6.02. The molecule has 1 aliphatic heterocycles. The van der Waals surface area contributed by atoms with Crippen LogP contribution in [-0.2, 0) is 14.2 Å². The van der Waals surface area contributed by atoms with E-state index >= 15 is 0 Å². The van der Waals surface area contributed by atoms with Gasteiger partial charge in [0, 0.05) is 97.7 Å². The van der Waals surface area contributed by atoms with E-state index in [1.807, 2.05) is 0 Å². The van der Waals surface area contributed by atoms with Gasteiger partial charge in [0.05, 0.1) is 39.6 Å². The largest absolute Gasteiger partial charge is 0.379 e. The zero-order chi connectivity index (χ0) is 49.2. The molecule has 0 bridgehead atoms. The van der Waals surface area contributed by atoms with Crippen LogP contribution in [0.5, 0.6) is 0 Å². The lowest BCUT2D eigenvalue weighted by Gasteiger charge is -2.32. The van der Waals surface area contributed by atoms with E-state index in [-0.39, 0.29) is 0 Å². The predicted molar refractivity (Wildman–Crippen MR) is 304 cm³/mol. The molecule has 11 nitrogen and oxygen atoms in total. The van der Waals surface area contributed by atoms with Crippen LogP contribution >= 0.6 is 0 Å². The third-order valence-electron chi connectivity index (χ3n) is 14.9. The molecule has 0 aromatic rings. The zero-order valence-electron chi connectivity index (χ0n) is 46.8. The highest BCUT2D eigenvalue weighted by atomic mass is 16.5. The zero-order valence-corrected chi connectivity index (χ0v) is 46.8. The molecule has 0 unspecified atom stereocenters. The van der Waals surface area contributed by atoms with E-state index in [1.165, 1.54) is 231 Å². The van der Waals surface area contributed by atoms with E-state index in [0.717, 1.165) is 144 Å². The number of ether oxygens (including phenoxy) is 3. The van der Waals surface area contributed by atoms with Gasteiger partial charge in [-0.15, -0.1) is 0 Å². The van der Waals surface area contributed by atoms with Gasteiger partial charge in [0.15, 0.2) is 0 Å². The molecule has 1 saturated heterocycles. The number of nitrogens with one attached hydrogen (secondary N) is 7. The Morgan fingerprint density at radius 3 is 0.657 bits per heavy atom. The molecule has 1 saturated carbocycles. The second-order valence-corrected chi connectivity index (χ2v) is 21.4. The lowest BCUT2D eigenvalue weighted by atomic mass is 9.98. The standard InChI is InChI=1S/C59H124N8O3/c1-2-4-6-8-10-12-14-16-18-20-22-24-26-28-30-32-36-59(35-31-29-27-25-23-21-19-17-15-13-11-9-7-5-3-1)67-51-43-65-49-57-69-54-46-61-38-34-33-37-60-45-53-68-55-47-63-41-39-62-40-42-64-48-56-70-58-50-66-44-52-67/h59-66H,1-58H2. The van der Waals surface area contributed by atoms with Crippen LogP contribution in [0, 0.1) is 0 Å². The SMILES string of the molecule is C1CCCCCCCCCCCCCCCCCC(N2CCNCCOCCNCCCCNCCOCCNCCNCCNCCOCCNCC2)CCCCCCCCCCCCCCCC1. The van der Waals surface area contributed by atoms with Crippen molar-refractivity contribution in [3.05, 3.63) is 0 Å². The summed E-state index contributed by atoms with van der Waals surface area (Å²) in [4.78, 5) is 2.85. The quantitative estimate of drug-likeness (QED) is 0.136. The number of hydrogen-bond donors (Lipinski definition) is 7. The molecule has 0 radical (unpaired) electrons. The van der Waals surface area contributed by atoms with Gasteiger partial charge >= 0.3 is 0 Å². The molecule has 0 aromatic carbocycles. The Morgan fingerprint density at radius 2 is 0.400 bits per heavy atom. The van der Waals surface area contributed by atoms with Gasteiger partial charge < -0.3 is 51.4 Å². The first-order valence-corrected chi connectivity index (χ1v) is 31.4. The van der Waals surface area contributed by atoms with Gasteiger partial charge in [0.2, 0.25) is 0 Å². The summed E-state index contributed by atoms with van der Waals surface area (Å²) in [6, 6.07) is 0.678. The van der Waals surface area contributed by atoms with E-state index in [4.69, 9.17) is 14.2 Å². The predicted octanol–water partition coefficient (Wildman–Crippen LogP) is 10.9. The van der Waals surface area contributed by atoms with Crippen LogP contribution in [0.25, 0.3) is 0 Å². The summed E-state index contributed by atoms with van der Waals surface area (Å²) >= 11 is 0. The molecule has 0 aromatic heterocycles. The highest BCUT2D eigenvalue weighted by molar-refractivity contribution is 4.75. The summed E-state index contributed by atoms with van der Waals surface area (Å²) in [6.45, 7) is 20.4. The Labute approximate surface area is 436 Å². The van der Waals surface area contributed by atoms with Crippen LogP contribution in [0.15, 0.2) is 0 Å². The van der Waals surface area contributed by atoms with Crippen LogP contribution in [0.1, 0.15) is 231 Å². The van der Waals surface area contributed by atoms with Gasteiger partial charge in [-0.05, 0) is 38.8 Å². The highest BCUT2D eigenvalue weighted by Gasteiger charge is 2.18. The minimum atomic E-state index is 0.678. The van der Waals surface area contributed by atoms with Crippen molar-refractivity contribution in [3.8, 4) is 0 Å². The maximum Gasteiger partial charge on any atom is 0.0591 e. The Morgan fingerprint density at radius 1 is 0.200 bits per heavy atom. The molecule has 2 aliphatic rings. The summed E-state index contributed by atoms with van der Waals surface area (Å²) < 4.78 is 17.8. The molecule has 7 N–H and O–H groups in total. The van der Waals surface area contributed by atoms with Crippen molar-refractivity contribution in [1.29, 1.82) is 0 Å². The van der Waals surface area contributed by atoms with Crippen molar-refractivity contribution in [2.24, 2.45) is 0 Å². The third-order valence-corrected chi connectivity index (χ3v) is 14.9. The van der Waals surface area contributed by atoms with E-state index < -0.39 is 0 Å². The summed E-state index contributed by atoms with van der Waals surface area (Å²) in [5, 5.41) is 25.1. The van der Waals surface area contributed by atoms with Gasteiger partial charge in [-0.25, -0.2) is 0 Å².